The second-order valence-corrected chi connectivity index (χ2v) is 4.74. The van der Waals surface area contributed by atoms with Crippen LogP contribution < -0.4 is 5.73 Å². The van der Waals surface area contributed by atoms with Crippen LogP contribution in [0.1, 0.15) is 12.8 Å². The van der Waals surface area contributed by atoms with Crippen molar-refractivity contribution in [2.45, 2.75) is 31.1 Å². The SMILES string of the molecule is NC(CSCC1CCC(O)CO1)C(=O)O. The van der Waals surface area contributed by atoms with Crippen LogP contribution in [0, 0.1) is 0 Å². The van der Waals surface area contributed by atoms with Crippen molar-refractivity contribution in [1.82, 2.24) is 0 Å². The molecule has 0 amide bonds. The Morgan fingerprint density at radius 2 is 2.33 bits per heavy atom. The van der Waals surface area contributed by atoms with Gasteiger partial charge in [-0.15, -0.1) is 0 Å². The average molecular weight is 235 g/mol. The van der Waals surface area contributed by atoms with Crippen molar-refractivity contribution in [3.63, 3.8) is 0 Å². The van der Waals surface area contributed by atoms with E-state index in [4.69, 9.17) is 15.6 Å². The summed E-state index contributed by atoms with van der Waals surface area (Å²) in [5.41, 5.74) is 5.35. The number of aliphatic hydroxyl groups excluding tert-OH is 1. The summed E-state index contributed by atoms with van der Waals surface area (Å²) in [4.78, 5) is 10.4. The molecule has 88 valence electrons. The van der Waals surface area contributed by atoms with Crippen LogP contribution in [0.3, 0.4) is 0 Å². The molecule has 0 bridgehead atoms. The second kappa shape index (κ2) is 6.32. The van der Waals surface area contributed by atoms with Gasteiger partial charge in [0.05, 0.1) is 18.8 Å². The van der Waals surface area contributed by atoms with Crippen molar-refractivity contribution in [2.75, 3.05) is 18.1 Å². The lowest BCUT2D eigenvalue weighted by molar-refractivity contribution is -0.137. The minimum atomic E-state index is -0.970. The molecular formula is C9H17NO4S. The molecule has 0 aromatic rings. The molecule has 4 N–H and O–H groups in total. The predicted molar refractivity (Wildman–Crippen MR) is 57.9 cm³/mol. The van der Waals surface area contributed by atoms with Crippen LogP contribution in [0.15, 0.2) is 0 Å². The highest BCUT2D eigenvalue weighted by molar-refractivity contribution is 7.99. The van der Waals surface area contributed by atoms with Crippen molar-refractivity contribution in [1.29, 1.82) is 0 Å². The van der Waals surface area contributed by atoms with E-state index in [1.54, 1.807) is 0 Å². The van der Waals surface area contributed by atoms with Crippen LogP contribution in [0.5, 0.6) is 0 Å². The maximum Gasteiger partial charge on any atom is 0.321 e. The Hall–Kier alpha value is -0.300. The van der Waals surface area contributed by atoms with Gasteiger partial charge in [0.25, 0.3) is 0 Å². The zero-order valence-electron chi connectivity index (χ0n) is 8.46. The highest BCUT2D eigenvalue weighted by Gasteiger charge is 2.20. The van der Waals surface area contributed by atoms with E-state index in [9.17, 15) is 9.90 Å². The van der Waals surface area contributed by atoms with Gasteiger partial charge in [0.15, 0.2) is 0 Å². The van der Waals surface area contributed by atoms with Gasteiger partial charge >= 0.3 is 5.97 Å². The van der Waals surface area contributed by atoms with Gasteiger partial charge in [-0.3, -0.25) is 4.79 Å². The van der Waals surface area contributed by atoms with Gasteiger partial charge in [-0.25, -0.2) is 0 Å². The number of aliphatic hydroxyl groups is 1. The van der Waals surface area contributed by atoms with E-state index in [1.807, 2.05) is 0 Å². The smallest absolute Gasteiger partial charge is 0.321 e. The van der Waals surface area contributed by atoms with Crippen LogP contribution >= 0.6 is 11.8 Å². The van der Waals surface area contributed by atoms with E-state index >= 15 is 0 Å². The molecular weight excluding hydrogens is 218 g/mol. The molecule has 0 saturated carbocycles. The number of thioether (sulfide) groups is 1. The van der Waals surface area contributed by atoms with E-state index in [0.29, 0.717) is 12.4 Å². The predicted octanol–water partition coefficient (Wildman–Crippen LogP) is -0.329. The third-order valence-corrected chi connectivity index (χ3v) is 3.47. The largest absolute Gasteiger partial charge is 0.480 e. The minimum absolute atomic E-state index is 0.124. The Kier molecular flexibility index (Phi) is 5.38. The third-order valence-electron chi connectivity index (χ3n) is 2.26. The van der Waals surface area contributed by atoms with Crippen molar-refractivity contribution >= 4 is 17.7 Å². The average Bonchev–Trinajstić information content (AvgIpc) is 2.20. The van der Waals surface area contributed by atoms with E-state index in [0.717, 1.165) is 18.6 Å². The molecule has 6 heteroatoms. The number of rotatable bonds is 5. The Morgan fingerprint density at radius 3 is 2.87 bits per heavy atom. The van der Waals surface area contributed by atoms with E-state index < -0.39 is 12.0 Å². The lowest BCUT2D eigenvalue weighted by Crippen LogP contribution is -2.34. The lowest BCUT2D eigenvalue weighted by Gasteiger charge is -2.25. The number of aliphatic carboxylic acids is 1. The molecule has 0 aromatic heterocycles. The lowest BCUT2D eigenvalue weighted by atomic mass is 10.1. The molecule has 0 aromatic carbocycles. The summed E-state index contributed by atoms with van der Waals surface area (Å²) in [7, 11) is 0. The molecule has 1 aliphatic rings. The molecule has 3 unspecified atom stereocenters. The Balaban J connectivity index is 2.07. The molecule has 1 fully saturated rings. The molecule has 0 radical (unpaired) electrons. The Bertz CT molecular complexity index is 206. The monoisotopic (exact) mass is 235 g/mol. The molecule has 5 nitrogen and oxygen atoms in total. The standard InChI is InChI=1S/C9H17NO4S/c10-8(9(12)13)5-15-4-7-2-1-6(11)3-14-7/h6-8,11H,1-5,10H2,(H,12,13). The van der Waals surface area contributed by atoms with Crippen LogP contribution in [-0.4, -0.2) is 52.5 Å². The number of carbonyl (C=O) groups is 1. The van der Waals surface area contributed by atoms with Crippen molar-refractivity contribution in [3.05, 3.63) is 0 Å². The fourth-order valence-corrected chi connectivity index (χ4v) is 2.38. The molecule has 0 aliphatic carbocycles. The Morgan fingerprint density at radius 1 is 1.60 bits per heavy atom. The van der Waals surface area contributed by atoms with Gasteiger partial charge in [-0.2, -0.15) is 11.8 Å². The first-order valence-corrected chi connectivity index (χ1v) is 6.11. The first kappa shape index (κ1) is 12.8. The van der Waals surface area contributed by atoms with Gasteiger partial charge < -0.3 is 20.7 Å². The summed E-state index contributed by atoms with van der Waals surface area (Å²) in [5.74, 6) is 0.174. The van der Waals surface area contributed by atoms with Crippen LogP contribution in [-0.2, 0) is 9.53 Å². The van der Waals surface area contributed by atoms with Gasteiger partial charge in [-0.05, 0) is 12.8 Å². The van der Waals surface area contributed by atoms with Crippen molar-refractivity contribution in [2.24, 2.45) is 5.73 Å². The number of nitrogens with two attached hydrogens (primary N) is 1. The normalized spacial score (nSPS) is 28.7. The van der Waals surface area contributed by atoms with Crippen LogP contribution in [0.2, 0.25) is 0 Å². The molecule has 0 spiro atoms. The molecule has 3 atom stereocenters. The molecule has 1 aliphatic heterocycles. The number of hydrogen-bond donors (Lipinski definition) is 3. The number of carboxylic acid groups (broad SMARTS) is 1. The fraction of sp³-hybridized carbons (Fsp3) is 0.889. The zero-order chi connectivity index (χ0) is 11.3. The topological polar surface area (TPSA) is 92.8 Å². The zero-order valence-corrected chi connectivity index (χ0v) is 9.28. The fourth-order valence-electron chi connectivity index (χ4n) is 1.32. The first-order chi connectivity index (χ1) is 7.09. The number of hydrogen-bond acceptors (Lipinski definition) is 5. The summed E-state index contributed by atoms with van der Waals surface area (Å²) in [6.45, 7) is 0.385. The summed E-state index contributed by atoms with van der Waals surface area (Å²) in [6.07, 6.45) is 1.37. The van der Waals surface area contributed by atoms with E-state index in [-0.39, 0.29) is 12.2 Å². The van der Waals surface area contributed by atoms with Crippen LogP contribution in [0.25, 0.3) is 0 Å². The van der Waals surface area contributed by atoms with Gasteiger partial charge in [0.1, 0.15) is 6.04 Å². The molecule has 1 rings (SSSR count). The van der Waals surface area contributed by atoms with Gasteiger partial charge in [0.2, 0.25) is 0 Å². The number of carboxylic acids is 1. The third kappa shape index (κ3) is 4.83. The highest BCUT2D eigenvalue weighted by Crippen LogP contribution is 2.17. The van der Waals surface area contributed by atoms with Gasteiger partial charge in [-0.1, -0.05) is 0 Å². The summed E-state index contributed by atoms with van der Waals surface area (Å²) < 4.78 is 5.37. The minimum Gasteiger partial charge on any atom is -0.480 e. The van der Waals surface area contributed by atoms with E-state index in [2.05, 4.69) is 0 Å². The second-order valence-electron chi connectivity index (χ2n) is 3.67. The first-order valence-electron chi connectivity index (χ1n) is 4.95. The molecule has 1 saturated heterocycles. The van der Waals surface area contributed by atoms with Crippen LogP contribution in [0.4, 0.5) is 0 Å². The van der Waals surface area contributed by atoms with Gasteiger partial charge in [0, 0.05) is 11.5 Å². The summed E-state index contributed by atoms with van der Waals surface area (Å²) in [6, 6.07) is -0.802. The highest BCUT2D eigenvalue weighted by atomic mass is 32.2. The number of ether oxygens (including phenoxy) is 1. The Labute approximate surface area is 93.0 Å². The molecule has 1 heterocycles. The maximum atomic E-state index is 10.4. The molecule has 15 heavy (non-hydrogen) atoms. The summed E-state index contributed by atoms with van der Waals surface area (Å²) >= 11 is 1.48. The van der Waals surface area contributed by atoms with E-state index in [1.165, 1.54) is 11.8 Å². The summed E-state index contributed by atoms with van der Waals surface area (Å²) in [5, 5.41) is 17.7. The maximum absolute atomic E-state index is 10.4. The van der Waals surface area contributed by atoms with Crippen molar-refractivity contribution in [3.8, 4) is 0 Å². The quantitative estimate of drug-likeness (QED) is 0.604. The van der Waals surface area contributed by atoms with Crippen molar-refractivity contribution < 1.29 is 19.7 Å².